The molecule has 1 heterocycles. The molecule has 0 aliphatic carbocycles. The molecule has 0 radical (unpaired) electrons. The molecule has 25 heavy (non-hydrogen) atoms. The molecular formula is C19H22FNO3S. The van der Waals surface area contributed by atoms with Gasteiger partial charge in [-0.15, -0.1) is 0 Å². The third-order valence-electron chi connectivity index (χ3n) is 4.43. The van der Waals surface area contributed by atoms with E-state index in [4.69, 9.17) is 4.18 Å². The Morgan fingerprint density at radius 3 is 2.48 bits per heavy atom. The zero-order valence-electron chi connectivity index (χ0n) is 14.1. The van der Waals surface area contributed by atoms with E-state index in [0.29, 0.717) is 13.1 Å². The van der Waals surface area contributed by atoms with Gasteiger partial charge in [0.2, 0.25) is 0 Å². The molecule has 2 aromatic rings. The van der Waals surface area contributed by atoms with Crippen molar-refractivity contribution in [3.05, 3.63) is 65.7 Å². The molecule has 0 saturated carbocycles. The van der Waals surface area contributed by atoms with Crippen molar-refractivity contribution < 1.29 is 17.0 Å². The zero-order chi connectivity index (χ0) is 17.9. The van der Waals surface area contributed by atoms with Gasteiger partial charge in [0.05, 0.1) is 11.5 Å². The maximum atomic E-state index is 13.9. The number of hydrogen-bond donors (Lipinski definition) is 0. The van der Waals surface area contributed by atoms with Crippen LogP contribution in [0.15, 0.2) is 59.5 Å². The first kappa shape index (κ1) is 18.0. The fraction of sp³-hybridized carbons (Fsp3) is 0.368. The van der Waals surface area contributed by atoms with Crippen LogP contribution in [0, 0.1) is 6.92 Å². The van der Waals surface area contributed by atoms with Gasteiger partial charge < -0.3 is 0 Å². The lowest BCUT2D eigenvalue weighted by Crippen LogP contribution is -2.33. The highest BCUT2D eigenvalue weighted by molar-refractivity contribution is 7.86. The minimum atomic E-state index is -3.83. The maximum Gasteiger partial charge on any atom is 0.297 e. The molecule has 0 N–H and O–H groups in total. The van der Waals surface area contributed by atoms with Crippen LogP contribution in [-0.2, 0) is 20.8 Å². The molecule has 1 aliphatic rings. The molecule has 3 rings (SSSR count). The zero-order valence-corrected chi connectivity index (χ0v) is 15.0. The Kier molecular flexibility index (Phi) is 5.51. The molecule has 0 amide bonds. The summed E-state index contributed by atoms with van der Waals surface area (Å²) in [7, 11) is -3.83. The topological polar surface area (TPSA) is 46.6 Å². The van der Waals surface area contributed by atoms with Crippen LogP contribution in [-0.4, -0.2) is 38.7 Å². The second-order valence-electron chi connectivity index (χ2n) is 6.45. The Balaban J connectivity index is 1.65. The number of halogens is 1. The molecule has 0 aromatic heterocycles. The van der Waals surface area contributed by atoms with Gasteiger partial charge in [-0.05, 0) is 31.0 Å². The number of nitrogens with zero attached hydrogens (tertiary/aromatic N) is 1. The summed E-state index contributed by atoms with van der Waals surface area (Å²) in [4.78, 5) is 2.08. The van der Waals surface area contributed by atoms with E-state index in [2.05, 4.69) is 0 Å². The summed E-state index contributed by atoms with van der Waals surface area (Å²) in [5.74, 6) is 0. The monoisotopic (exact) mass is 363 g/mol. The average molecular weight is 363 g/mol. The molecule has 1 aliphatic heterocycles. The second-order valence-corrected chi connectivity index (χ2v) is 8.07. The van der Waals surface area contributed by atoms with Crippen LogP contribution in [0.1, 0.15) is 17.5 Å². The smallest absolute Gasteiger partial charge is 0.291 e. The van der Waals surface area contributed by atoms with Crippen LogP contribution in [0.2, 0.25) is 0 Å². The highest BCUT2D eigenvalue weighted by Gasteiger charge is 2.33. The van der Waals surface area contributed by atoms with Gasteiger partial charge in [0.25, 0.3) is 10.1 Å². The number of likely N-dealkylation sites (tertiary alicyclic amines) is 1. The van der Waals surface area contributed by atoms with Crippen LogP contribution >= 0.6 is 0 Å². The number of rotatable bonds is 6. The normalized spacial score (nSPS) is 21.5. The van der Waals surface area contributed by atoms with Crippen molar-refractivity contribution in [2.75, 3.05) is 13.2 Å². The van der Waals surface area contributed by atoms with E-state index in [0.717, 1.165) is 11.1 Å². The lowest BCUT2D eigenvalue weighted by Gasteiger charge is -2.23. The lowest BCUT2D eigenvalue weighted by atomic mass is 10.2. The van der Waals surface area contributed by atoms with Gasteiger partial charge in [0.1, 0.15) is 6.17 Å². The molecule has 6 heteroatoms. The Morgan fingerprint density at radius 1 is 1.12 bits per heavy atom. The van der Waals surface area contributed by atoms with Gasteiger partial charge in [0, 0.05) is 19.1 Å². The predicted molar refractivity (Wildman–Crippen MR) is 94.5 cm³/mol. The third kappa shape index (κ3) is 4.66. The highest BCUT2D eigenvalue weighted by Crippen LogP contribution is 2.24. The summed E-state index contributed by atoms with van der Waals surface area (Å²) in [5.41, 5.74) is 2.05. The maximum absolute atomic E-state index is 13.9. The summed E-state index contributed by atoms with van der Waals surface area (Å²) >= 11 is 0. The summed E-state index contributed by atoms with van der Waals surface area (Å²) in [6.07, 6.45) is -0.671. The standard InChI is InChI=1S/C19H22FNO3S/c1-15-7-9-19(10-8-15)25(22,23)24-14-18-11-17(20)13-21(18)12-16-5-3-2-4-6-16/h2-10,17-18H,11-14H2,1H3/t17-,18+/m0/s1. The van der Waals surface area contributed by atoms with Gasteiger partial charge >= 0.3 is 0 Å². The van der Waals surface area contributed by atoms with Crippen molar-refractivity contribution in [2.24, 2.45) is 0 Å². The number of hydrogen-bond acceptors (Lipinski definition) is 4. The van der Waals surface area contributed by atoms with Gasteiger partial charge in [-0.3, -0.25) is 9.08 Å². The van der Waals surface area contributed by atoms with Crippen molar-refractivity contribution in [3.63, 3.8) is 0 Å². The highest BCUT2D eigenvalue weighted by atomic mass is 32.2. The summed E-state index contributed by atoms with van der Waals surface area (Å²) in [5, 5.41) is 0. The van der Waals surface area contributed by atoms with Crippen LogP contribution in [0.25, 0.3) is 0 Å². The molecule has 0 spiro atoms. The van der Waals surface area contributed by atoms with Gasteiger partial charge in [0.15, 0.2) is 0 Å². The van der Waals surface area contributed by atoms with Crippen LogP contribution in [0.4, 0.5) is 4.39 Å². The minimum Gasteiger partial charge on any atom is -0.291 e. The van der Waals surface area contributed by atoms with E-state index in [1.807, 2.05) is 42.2 Å². The molecule has 134 valence electrons. The Hall–Kier alpha value is -1.76. The minimum absolute atomic E-state index is 0.0382. The first-order valence-electron chi connectivity index (χ1n) is 8.32. The van der Waals surface area contributed by atoms with Crippen LogP contribution in [0.3, 0.4) is 0 Å². The van der Waals surface area contributed by atoms with E-state index >= 15 is 0 Å². The van der Waals surface area contributed by atoms with Crippen molar-refractivity contribution in [1.82, 2.24) is 4.90 Å². The van der Waals surface area contributed by atoms with Crippen molar-refractivity contribution in [1.29, 1.82) is 0 Å². The fourth-order valence-electron chi connectivity index (χ4n) is 3.05. The average Bonchev–Trinajstić information content (AvgIpc) is 2.94. The SMILES string of the molecule is Cc1ccc(S(=O)(=O)OC[C@H]2C[C@H](F)CN2Cc2ccccc2)cc1. The number of aryl methyl sites for hydroxylation is 1. The largest absolute Gasteiger partial charge is 0.297 e. The van der Waals surface area contributed by atoms with Crippen molar-refractivity contribution in [2.45, 2.75) is 37.0 Å². The van der Waals surface area contributed by atoms with E-state index in [-0.39, 0.29) is 24.0 Å². The fourth-order valence-corrected chi connectivity index (χ4v) is 3.99. The molecular weight excluding hydrogens is 341 g/mol. The number of alkyl halides is 1. The van der Waals surface area contributed by atoms with Crippen LogP contribution < -0.4 is 0 Å². The molecule has 2 atom stereocenters. The first-order valence-corrected chi connectivity index (χ1v) is 9.73. The van der Waals surface area contributed by atoms with E-state index in [1.54, 1.807) is 12.1 Å². The molecule has 0 unspecified atom stereocenters. The molecule has 1 saturated heterocycles. The van der Waals surface area contributed by atoms with Gasteiger partial charge in [-0.25, -0.2) is 4.39 Å². The first-order chi connectivity index (χ1) is 11.9. The van der Waals surface area contributed by atoms with E-state index < -0.39 is 16.3 Å². The summed E-state index contributed by atoms with van der Waals surface area (Å²) in [6.45, 7) is 2.73. The quantitative estimate of drug-likeness (QED) is 0.739. The number of benzene rings is 2. The summed E-state index contributed by atoms with van der Waals surface area (Å²) < 4.78 is 43.7. The van der Waals surface area contributed by atoms with Crippen LogP contribution in [0.5, 0.6) is 0 Å². The molecule has 1 fully saturated rings. The van der Waals surface area contributed by atoms with Gasteiger partial charge in [-0.1, -0.05) is 48.0 Å². The Bertz CT molecular complexity index is 793. The van der Waals surface area contributed by atoms with E-state index in [1.165, 1.54) is 12.1 Å². The predicted octanol–water partition coefficient (Wildman–Crippen LogP) is 3.31. The molecule has 0 bridgehead atoms. The molecule has 4 nitrogen and oxygen atoms in total. The lowest BCUT2D eigenvalue weighted by molar-refractivity contribution is 0.170. The van der Waals surface area contributed by atoms with Crippen molar-refractivity contribution in [3.8, 4) is 0 Å². The van der Waals surface area contributed by atoms with Gasteiger partial charge in [-0.2, -0.15) is 8.42 Å². The Morgan fingerprint density at radius 2 is 1.80 bits per heavy atom. The molecule has 2 aromatic carbocycles. The van der Waals surface area contributed by atoms with Crippen molar-refractivity contribution >= 4 is 10.1 Å². The third-order valence-corrected chi connectivity index (χ3v) is 5.73. The summed E-state index contributed by atoms with van der Waals surface area (Å²) in [6, 6.07) is 16.0. The second kappa shape index (κ2) is 7.64. The van der Waals surface area contributed by atoms with E-state index in [9.17, 15) is 12.8 Å². The Labute approximate surface area is 148 Å².